The molecule has 0 bridgehead atoms. The highest BCUT2D eigenvalue weighted by molar-refractivity contribution is 6.01. The van der Waals surface area contributed by atoms with E-state index in [4.69, 9.17) is 0 Å². The lowest BCUT2D eigenvalue weighted by Crippen LogP contribution is -2.65. The summed E-state index contributed by atoms with van der Waals surface area (Å²) < 4.78 is 1.54. The largest absolute Gasteiger partial charge is 0.351 e. The van der Waals surface area contributed by atoms with Gasteiger partial charge in [0, 0.05) is 25.2 Å². The third kappa shape index (κ3) is 5.10. The van der Waals surface area contributed by atoms with Crippen molar-refractivity contribution in [1.29, 1.82) is 0 Å². The van der Waals surface area contributed by atoms with Gasteiger partial charge in [0.25, 0.3) is 11.8 Å². The van der Waals surface area contributed by atoms with Crippen LogP contribution >= 0.6 is 0 Å². The number of hydrogen-bond acceptors (Lipinski definition) is 4. The molecule has 1 aromatic heterocycles. The minimum Gasteiger partial charge on any atom is -0.351 e. The van der Waals surface area contributed by atoms with Gasteiger partial charge in [-0.15, -0.1) is 0 Å². The number of rotatable bonds is 9. The molecule has 0 radical (unpaired) electrons. The normalized spacial score (nSPS) is 21.5. The SMILES string of the molecule is CCCCN1C(=O)c2cc(C(=O)NCCC(C)C)nn2C[C@@]1(C)C(=O)NC1CCCC1. The van der Waals surface area contributed by atoms with Crippen molar-refractivity contribution in [2.24, 2.45) is 5.92 Å². The van der Waals surface area contributed by atoms with Crippen LogP contribution in [0.3, 0.4) is 0 Å². The summed E-state index contributed by atoms with van der Waals surface area (Å²) in [7, 11) is 0. The van der Waals surface area contributed by atoms with Crippen molar-refractivity contribution in [3.63, 3.8) is 0 Å². The molecule has 0 unspecified atom stereocenters. The summed E-state index contributed by atoms with van der Waals surface area (Å²) in [4.78, 5) is 40.9. The number of nitrogens with one attached hydrogen (secondary N) is 2. The second-order valence-electron chi connectivity index (χ2n) is 9.55. The first-order valence-electron chi connectivity index (χ1n) is 11.7. The summed E-state index contributed by atoms with van der Waals surface area (Å²) in [5.41, 5.74) is -0.432. The van der Waals surface area contributed by atoms with E-state index in [2.05, 4.69) is 36.5 Å². The van der Waals surface area contributed by atoms with Gasteiger partial charge in [-0.1, -0.05) is 40.0 Å². The highest BCUT2D eigenvalue weighted by Gasteiger charge is 2.48. The van der Waals surface area contributed by atoms with Crippen molar-refractivity contribution in [2.75, 3.05) is 13.1 Å². The lowest BCUT2D eigenvalue weighted by molar-refractivity contribution is -0.133. The predicted octanol–water partition coefficient (Wildman–Crippen LogP) is 2.73. The molecule has 2 heterocycles. The molecule has 1 saturated carbocycles. The van der Waals surface area contributed by atoms with Crippen LogP contribution in [0.5, 0.6) is 0 Å². The summed E-state index contributed by atoms with van der Waals surface area (Å²) in [5.74, 6) is -0.165. The summed E-state index contributed by atoms with van der Waals surface area (Å²) in [6.07, 6.45) is 6.83. The minimum atomic E-state index is -1.03. The van der Waals surface area contributed by atoms with Gasteiger partial charge in [-0.3, -0.25) is 19.1 Å². The highest BCUT2D eigenvalue weighted by Crippen LogP contribution is 2.29. The molecule has 3 rings (SSSR count). The quantitative estimate of drug-likeness (QED) is 0.628. The molecule has 8 heteroatoms. The molecular formula is C23H37N5O3. The van der Waals surface area contributed by atoms with Crippen molar-refractivity contribution in [1.82, 2.24) is 25.3 Å². The number of carbonyl (C=O) groups is 3. The van der Waals surface area contributed by atoms with E-state index in [1.54, 1.807) is 11.0 Å². The third-order valence-electron chi connectivity index (χ3n) is 6.45. The van der Waals surface area contributed by atoms with E-state index in [1.807, 2.05) is 6.92 Å². The van der Waals surface area contributed by atoms with Gasteiger partial charge >= 0.3 is 0 Å². The van der Waals surface area contributed by atoms with Crippen molar-refractivity contribution in [3.05, 3.63) is 17.5 Å². The number of unbranched alkanes of at least 4 members (excludes halogenated alkanes) is 1. The summed E-state index contributed by atoms with van der Waals surface area (Å²) in [5, 5.41) is 10.4. The molecule has 2 N–H and O–H groups in total. The standard InChI is InChI=1S/C23H37N5O3/c1-5-6-13-27-21(30)19-14-18(20(29)24-12-11-16(2)3)26-28(19)15-23(27,4)22(31)25-17-9-7-8-10-17/h14,16-17H,5-13,15H2,1-4H3,(H,24,29)(H,25,31)/t23-/m0/s1. The van der Waals surface area contributed by atoms with Gasteiger partial charge in [0.1, 0.15) is 11.2 Å². The molecule has 1 fully saturated rings. The summed E-state index contributed by atoms with van der Waals surface area (Å²) >= 11 is 0. The van der Waals surface area contributed by atoms with Crippen molar-refractivity contribution in [3.8, 4) is 0 Å². The van der Waals surface area contributed by atoms with Gasteiger partial charge in [-0.2, -0.15) is 5.10 Å². The molecule has 31 heavy (non-hydrogen) atoms. The second-order valence-corrected chi connectivity index (χ2v) is 9.55. The molecule has 1 aromatic rings. The van der Waals surface area contributed by atoms with Crippen LogP contribution in [0.25, 0.3) is 0 Å². The first-order valence-corrected chi connectivity index (χ1v) is 11.7. The van der Waals surface area contributed by atoms with E-state index in [0.717, 1.165) is 44.9 Å². The fourth-order valence-corrected chi connectivity index (χ4v) is 4.39. The van der Waals surface area contributed by atoms with Crippen LogP contribution in [-0.4, -0.2) is 57.1 Å². The van der Waals surface area contributed by atoms with E-state index in [-0.39, 0.29) is 36.0 Å². The molecule has 1 aliphatic heterocycles. The number of hydrogen-bond donors (Lipinski definition) is 2. The fraction of sp³-hybridized carbons (Fsp3) is 0.739. The molecule has 0 aromatic carbocycles. The Labute approximate surface area is 185 Å². The fourth-order valence-electron chi connectivity index (χ4n) is 4.39. The van der Waals surface area contributed by atoms with Gasteiger partial charge in [-0.25, -0.2) is 0 Å². The van der Waals surface area contributed by atoms with Crippen LogP contribution in [0.4, 0.5) is 0 Å². The average molecular weight is 432 g/mol. The van der Waals surface area contributed by atoms with Crippen molar-refractivity contribution in [2.45, 2.75) is 90.8 Å². The van der Waals surface area contributed by atoms with Crippen LogP contribution in [0, 0.1) is 5.92 Å². The Morgan fingerprint density at radius 2 is 2.00 bits per heavy atom. The maximum Gasteiger partial charge on any atom is 0.273 e. The Balaban J connectivity index is 1.82. The summed E-state index contributed by atoms with van der Waals surface area (Å²) in [6, 6.07) is 1.73. The van der Waals surface area contributed by atoms with Crippen LogP contribution < -0.4 is 10.6 Å². The number of carbonyl (C=O) groups excluding carboxylic acids is 3. The van der Waals surface area contributed by atoms with Crippen molar-refractivity contribution < 1.29 is 14.4 Å². The topological polar surface area (TPSA) is 96.3 Å². The molecule has 8 nitrogen and oxygen atoms in total. The number of nitrogens with zero attached hydrogens (tertiary/aromatic N) is 3. The average Bonchev–Trinajstić information content (AvgIpc) is 3.37. The minimum absolute atomic E-state index is 0.132. The zero-order chi connectivity index (χ0) is 22.6. The zero-order valence-electron chi connectivity index (χ0n) is 19.4. The first kappa shape index (κ1) is 23.3. The van der Waals surface area contributed by atoms with Gasteiger partial charge in [0.2, 0.25) is 5.91 Å². The molecule has 3 amide bonds. The van der Waals surface area contributed by atoms with E-state index in [1.165, 1.54) is 4.68 Å². The Morgan fingerprint density at radius 3 is 2.65 bits per heavy atom. The van der Waals surface area contributed by atoms with Crippen LogP contribution in [0.2, 0.25) is 0 Å². The van der Waals surface area contributed by atoms with Crippen LogP contribution in [-0.2, 0) is 11.3 Å². The smallest absolute Gasteiger partial charge is 0.273 e. The lowest BCUT2D eigenvalue weighted by atomic mass is 9.94. The predicted molar refractivity (Wildman–Crippen MR) is 119 cm³/mol. The molecule has 1 aliphatic carbocycles. The van der Waals surface area contributed by atoms with Gasteiger partial charge in [0.05, 0.1) is 6.54 Å². The molecule has 0 saturated heterocycles. The lowest BCUT2D eigenvalue weighted by Gasteiger charge is -2.43. The van der Waals surface area contributed by atoms with E-state index in [0.29, 0.717) is 24.7 Å². The Hall–Kier alpha value is -2.38. The Morgan fingerprint density at radius 1 is 1.29 bits per heavy atom. The van der Waals surface area contributed by atoms with Gasteiger partial charge in [0.15, 0.2) is 5.69 Å². The van der Waals surface area contributed by atoms with Crippen molar-refractivity contribution >= 4 is 17.7 Å². The zero-order valence-corrected chi connectivity index (χ0v) is 19.4. The first-order chi connectivity index (χ1) is 14.8. The molecular weight excluding hydrogens is 394 g/mol. The number of fused-ring (bicyclic) bond motifs is 1. The van der Waals surface area contributed by atoms with Gasteiger partial charge < -0.3 is 15.5 Å². The van der Waals surface area contributed by atoms with Crippen LogP contribution in [0.1, 0.15) is 93.6 Å². The summed E-state index contributed by atoms with van der Waals surface area (Å²) in [6.45, 7) is 9.40. The van der Waals surface area contributed by atoms with Gasteiger partial charge in [-0.05, 0) is 38.5 Å². The Kier molecular flexibility index (Phi) is 7.38. The highest BCUT2D eigenvalue weighted by atomic mass is 16.2. The van der Waals surface area contributed by atoms with E-state index >= 15 is 0 Å². The van der Waals surface area contributed by atoms with E-state index < -0.39 is 5.54 Å². The van der Waals surface area contributed by atoms with Crippen LogP contribution in [0.15, 0.2) is 6.07 Å². The number of amides is 3. The maximum atomic E-state index is 13.4. The molecule has 0 spiro atoms. The third-order valence-corrected chi connectivity index (χ3v) is 6.45. The molecule has 2 aliphatic rings. The maximum absolute atomic E-state index is 13.4. The second kappa shape index (κ2) is 9.83. The van der Waals surface area contributed by atoms with E-state index in [9.17, 15) is 14.4 Å². The number of aromatic nitrogens is 2. The molecule has 1 atom stereocenters. The Bertz CT molecular complexity index is 812. The molecule has 172 valence electrons. The monoisotopic (exact) mass is 431 g/mol.